The van der Waals surface area contributed by atoms with Crippen molar-refractivity contribution in [2.75, 3.05) is 0 Å². The van der Waals surface area contributed by atoms with Gasteiger partial charge in [0.25, 0.3) is 0 Å². The quantitative estimate of drug-likeness (QED) is 0.127. The van der Waals surface area contributed by atoms with Gasteiger partial charge in [-0.1, -0.05) is 72.8 Å². The SMILES string of the molecule is [H]/N=N/C1=C(N)c2ccccc2C(C(=O)O)(c2ccc(-c3ccc(C4(C(=O)O)CC(/N=N/[H])=C(N)c5ccccc54)c(F)c3)cc2F)C1. The number of nitrogens with two attached hydrogens (primary N) is 2. The summed E-state index contributed by atoms with van der Waals surface area (Å²) in [6, 6.07) is 20.3. The van der Waals surface area contributed by atoms with E-state index in [-0.39, 0.29) is 69.0 Å². The summed E-state index contributed by atoms with van der Waals surface area (Å²) in [7, 11) is 0. The fourth-order valence-electron chi connectivity index (χ4n) is 6.73. The molecular formula is C34H26F2N6O4. The maximum absolute atomic E-state index is 16.2. The van der Waals surface area contributed by atoms with Gasteiger partial charge in [-0.2, -0.15) is 10.2 Å². The van der Waals surface area contributed by atoms with Crippen LogP contribution in [0.25, 0.3) is 22.5 Å². The number of carboxylic acid groups (broad SMARTS) is 2. The molecule has 2 unspecified atom stereocenters. The summed E-state index contributed by atoms with van der Waals surface area (Å²) in [5, 5.41) is 28.6. The van der Waals surface area contributed by atoms with Crippen LogP contribution in [0.1, 0.15) is 46.2 Å². The minimum absolute atomic E-state index is 0.00726. The lowest BCUT2D eigenvalue weighted by molar-refractivity contribution is -0.143. The average molecular weight is 621 g/mol. The molecule has 2 atom stereocenters. The van der Waals surface area contributed by atoms with Crippen molar-refractivity contribution in [3.8, 4) is 11.1 Å². The molecule has 0 aromatic heterocycles. The maximum atomic E-state index is 16.2. The Morgan fingerprint density at radius 3 is 1.41 bits per heavy atom. The highest BCUT2D eigenvalue weighted by molar-refractivity contribution is 5.93. The summed E-state index contributed by atoms with van der Waals surface area (Å²) < 4.78 is 46.7. The predicted molar refractivity (Wildman–Crippen MR) is 163 cm³/mol. The van der Waals surface area contributed by atoms with Crippen LogP contribution in [-0.4, -0.2) is 22.2 Å². The van der Waals surface area contributed by atoms with E-state index in [0.29, 0.717) is 11.1 Å². The van der Waals surface area contributed by atoms with Gasteiger partial charge in [0.05, 0.1) is 22.8 Å². The van der Waals surface area contributed by atoms with Crippen LogP contribution in [0.15, 0.2) is 107 Å². The average Bonchev–Trinajstić information content (AvgIpc) is 3.07. The van der Waals surface area contributed by atoms with Crippen LogP contribution in [0.3, 0.4) is 0 Å². The van der Waals surface area contributed by atoms with E-state index < -0.39 is 34.4 Å². The Hall–Kier alpha value is -6.04. The molecule has 8 N–H and O–H groups in total. The minimum atomic E-state index is -1.98. The molecule has 0 saturated carbocycles. The summed E-state index contributed by atoms with van der Waals surface area (Å²) in [6.45, 7) is 0. The largest absolute Gasteiger partial charge is 0.480 e. The number of carbonyl (C=O) groups is 2. The zero-order chi connectivity index (χ0) is 34.4. The molecular weight excluding hydrogens is 594 g/mol. The van der Waals surface area contributed by atoms with Crippen LogP contribution in [0.2, 0.25) is 2.82 Å². The second-order valence-corrected chi connectivity index (χ2v) is 11.2. The van der Waals surface area contributed by atoms with Crippen molar-refractivity contribution in [1.82, 2.24) is 0 Å². The molecule has 10 nitrogen and oxygen atoms in total. The standard InChI is InChI=1S/C34H26F2N6O4/c35-25-13-17(9-11-23(25)33(31(43)44)15-27(41-39)29(37)19-5-1-3-7-21(19)33)18-10-12-24(26(36)14-18)34(32(45)46)16-28(42-40)30(38)20-6-2-4-8-22(20)34/h1-14,39-40H,15-16,37-38H2,(H,43,44)(H,45,46)/b41-39+,42-40+. The van der Waals surface area contributed by atoms with Gasteiger partial charge >= 0.3 is 11.9 Å². The van der Waals surface area contributed by atoms with Gasteiger partial charge in [-0.25, -0.2) is 19.8 Å². The third-order valence-electron chi connectivity index (χ3n) is 9.00. The maximum Gasteiger partial charge on any atom is 0.319 e. The Kier molecular flexibility index (Phi) is 6.48. The summed E-state index contributed by atoms with van der Waals surface area (Å²) in [4.78, 5) is 26.0. The molecule has 0 saturated heterocycles. The topological polar surface area (TPSA) is 199 Å². The summed E-state index contributed by atoms with van der Waals surface area (Å²) in [5.74, 6) is -4.59. The van der Waals surface area contributed by atoms with Crippen LogP contribution in [0, 0.1) is 22.7 Å². The van der Waals surface area contributed by atoms with Crippen molar-refractivity contribution in [2.24, 2.45) is 21.7 Å². The van der Waals surface area contributed by atoms with E-state index in [9.17, 15) is 19.8 Å². The molecule has 4 aromatic carbocycles. The Balaban J connectivity index is 1.46. The molecule has 12 heteroatoms. The number of nitrogens with zero attached hydrogens (tertiary/aromatic N) is 2. The molecule has 6 rings (SSSR count). The molecule has 230 valence electrons. The number of hydrogen-bond donors (Lipinski definition) is 6. The normalized spacial score (nSPS) is 21.6. The molecule has 0 heterocycles. The molecule has 0 aliphatic heterocycles. The first-order valence-corrected chi connectivity index (χ1v) is 14.0. The van der Waals surface area contributed by atoms with Gasteiger partial charge in [0, 0.05) is 35.1 Å². The first-order valence-electron chi connectivity index (χ1n) is 14.8. The Labute approximate surface area is 263 Å². The third-order valence-corrected chi connectivity index (χ3v) is 9.00. The van der Waals surface area contributed by atoms with Crippen molar-refractivity contribution < 1.29 is 31.4 Å². The lowest BCUT2D eigenvalue weighted by Crippen LogP contribution is -2.41. The predicted octanol–water partition coefficient (Wildman–Crippen LogP) is 6.50. The van der Waals surface area contributed by atoms with Gasteiger partial charge in [0.1, 0.15) is 22.5 Å². The Morgan fingerprint density at radius 1 is 0.674 bits per heavy atom. The number of hydrogen-bond acceptors (Lipinski definition) is 8. The van der Waals surface area contributed by atoms with E-state index in [0.717, 1.165) is 12.1 Å². The van der Waals surface area contributed by atoms with Gasteiger partial charge in [-0.15, -0.1) is 0 Å². The molecule has 2 aliphatic carbocycles. The number of fused-ring (bicyclic) bond motifs is 2. The summed E-state index contributed by atoms with van der Waals surface area (Å²) in [6.07, 6.45) is -0.765. The number of benzene rings is 4. The van der Waals surface area contributed by atoms with Gasteiger partial charge in [-0.3, -0.25) is 9.59 Å². The monoisotopic (exact) mass is 620 g/mol. The van der Waals surface area contributed by atoms with Crippen molar-refractivity contribution >= 4 is 23.3 Å². The fourth-order valence-corrected chi connectivity index (χ4v) is 6.73. The van der Waals surface area contributed by atoms with E-state index in [1.54, 1.807) is 36.4 Å². The zero-order valence-electron chi connectivity index (χ0n) is 25.9. The molecule has 0 amide bonds. The fraction of sp³-hybridized carbons (Fsp3) is 0.118. The molecule has 0 radical (unpaired) electrons. The smallest absolute Gasteiger partial charge is 0.319 e. The van der Waals surface area contributed by atoms with Crippen molar-refractivity contribution in [3.63, 3.8) is 0 Å². The molecule has 2 aliphatic rings. The van der Waals surface area contributed by atoms with Crippen molar-refractivity contribution in [3.05, 3.63) is 141 Å². The molecule has 46 heavy (non-hydrogen) atoms. The summed E-state index contributed by atoms with van der Waals surface area (Å²) in [5.41, 5.74) is 15.9. The first kappa shape index (κ1) is 27.5. The highest BCUT2D eigenvalue weighted by atomic mass is 19.1. The lowest BCUT2D eigenvalue weighted by atomic mass is 9.66. The number of carboxylic acids is 2. The van der Waals surface area contributed by atoms with E-state index in [2.05, 4.69) is 21.3 Å². The molecule has 4 aromatic rings. The van der Waals surface area contributed by atoms with Crippen LogP contribution in [-0.2, 0) is 20.4 Å². The lowest BCUT2D eigenvalue weighted by Gasteiger charge is -2.36. The van der Waals surface area contributed by atoms with Gasteiger partial charge in [0.15, 0.2) is 0 Å². The number of halogens is 2. The van der Waals surface area contributed by atoms with Crippen molar-refractivity contribution in [1.29, 1.82) is 11.0 Å². The minimum Gasteiger partial charge on any atom is -0.480 e. The highest BCUT2D eigenvalue weighted by Crippen LogP contribution is 2.49. The first-order chi connectivity index (χ1) is 23.0. The Bertz CT molecular complexity index is 2000. The van der Waals surface area contributed by atoms with Gasteiger partial charge in [-0.05, 0) is 34.4 Å². The number of allylic oxidation sites excluding steroid dienone is 2. The van der Waals surface area contributed by atoms with E-state index in [1.807, 2.05) is 0 Å². The Morgan fingerprint density at radius 2 is 1.07 bits per heavy atom. The van der Waals surface area contributed by atoms with Gasteiger partial charge in [0.2, 0.25) is 2.82 Å². The highest BCUT2D eigenvalue weighted by Gasteiger charge is 2.50. The van der Waals surface area contributed by atoms with Gasteiger partial charge < -0.3 is 21.7 Å². The molecule has 0 spiro atoms. The number of rotatable bonds is 7. The second kappa shape index (κ2) is 10.8. The van der Waals surface area contributed by atoms with Crippen LogP contribution in [0.5, 0.6) is 0 Å². The number of nitrogens with one attached hydrogen (secondary N) is 2. The van der Waals surface area contributed by atoms with E-state index in [1.165, 1.54) is 36.4 Å². The van der Waals surface area contributed by atoms with Crippen molar-refractivity contribution in [2.45, 2.75) is 23.7 Å². The van der Waals surface area contributed by atoms with Crippen LogP contribution >= 0.6 is 0 Å². The van der Waals surface area contributed by atoms with Crippen LogP contribution in [0.4, 0.5) is 8.78 Å². The zero-order valence-corrected chi connectivity index (χ0v) is 23.9. The summed E-state index contributed by atoms with van der Waals surface area (Å²) >= 11 is 0. The molecule has 0 fully saturated rings. The third kappa shape index (κ3) is 4.14. The molecule has 0 bridgehead atoms. The van der Waals surface area contributed by atoms with Crippen LogP contribution < -0.4 is 11.5 Å². The number of aliphatic carboxylic acids is 2. The second-order valence-electron chi connectivity index (χ2n) is 11.2. The van der Waals surface area contributed by atoms with E-state index >= 15 is 8.78 Å². The van der Waals surface area contributed by atoms with E-state index in [4.69, 9.17) is 14.3 Å².